The lowest BCUT2D eigenvalue weighted by Gasteiger charge is -2.21. The zero-order valence-electron chi connectivity index (χ0n) is 20.0. The normalized spacial score (nSPS) is 15.7. The number of rotatable bonds is 7. The Kier molecular flexibility index (Phi) is 7.31. The van der Waals surface area contributed by atoms with Crippen molar-refractivity contribution >= 4 is 29.5 Å². The van der Waals surface area contributed by atoms with E-state index in [9.17, 15) is 9.59 Å². The lowest BCUT2D eigenvalue weighted by atomic mass is 10.0. The Hall–Kier alpha value is -3.91. The van der Waals surface area contributed by atoms with Gasteiger partial charge in [0.25, 0.3) is 5.56 Å². The number of carbonyl (C=O) groups excluding carboxylic acids is 1. The summed E-state index contributed by atoms with van der Waals surface area (Å²) in [6.45, 7) is 3.75. The minimum Gasteiger partial charge on any atom is -0.493 e. The molecule has 0 aliphatic carbocycles. The van der Waals surface area contributed by atoms with Crippen molar-refractivity contribution in [1.82, 2.24) is 4.57 Å². The molecule has 0 saturated carbocycles. The number of carbonyl (C=O) groups is 1. The highest BCUT2D eigenvalue weighted by Crippen LogP contribution is 2.28. The van der Waals surface area contributed by atoms with Gasteiger partial charge in [-0.3, -0.25) is 9.36 Å². The molecule has 180 valence electrons. The second-order valence-electron chi connectivity index (χ2n) is 7.73. The average molecular weight is 491 g/mol. The second-order valence-corrected chi connectivity index (χ2v) is 8.74. The number of hydrogen-bond donors (Lipinski definition) is 0. The van der Waals surface area contributed by atoms with Crippen molar-refractivity contribution in [2.45, 2.75) is 19.9 Å². The SMILES string of the molecule is CCOC(=O)C1=C(C)N=c2sc(=Cc3ccc(OC)c(OC)c3)c(=O)n2[C@H]1/C=C/c1ccccc1. The van der Waals surface area contributed by atoms with Crippen LogP contribution in [-0.4, -0.2) is 31.4 Å². The third kappa shape index (κ3) is 4.97. The first-order valence-electron chi connectivity index (χ1n) is 11.1. The van der Waals surface area contributed by atoms with Gasteiger partial charge in [-0.2, -0.15) is 0 Å². The zero-order valence-corrected chi connectivity index (χ0v) is 20.8. The molecule has 1 aromatic heterocycles. The predicted octanol–water partition coefficient (Wildman–Crippen LogP) is 3.48. The van der Waals surface area contributed by atoms with E-state index in [-0.39, 0.29) is 12.2 Å². The molecule has 2 aromatic carbocycles. The van der Waals surface area contributed by atoms with Gasteiger partial charge in [0, 0.05) is 0 Å². The van der Waals surface area contributed by atoms with E-state index in [0.29, 0.717) is 32.1 Å². The molecular weight excluding hydrogens is 464 g/mol. The summed E-state index contributed by atoms with van der Waals surface area (Å²) in [5.74, 6) is 0.690. The maximum absolute atomic E-state index is 13.6. The molecule has 7 nitrogen and oxygen atoms in total. The van der Waals surface area contributed by atoms with Crippen LogP contribution in [-0.2, 0) is 9.53 Å². The largest absolute Gasteiger partial charge is 0.493 e. The maximum Gasteiger partial charge on any atom is 0.338 e. The molecule has 0 bridgehead atoms. The van der Waals surface area contributed by atoms with Crippen LogP contribution in [0.4, 0.5) is 0 Å². The van der Waals surface area contributed by atoms with E-state index >= 15 is 0 Å². The summed E-state index contributed by atoms with van der Waals surface area (Å²) in [7, 11) is 3.14. The molecule has 1 atom stereocenters. The van der Waals surface area contributed by atoms with Crippen LogP contribution in [0.3, 0.4) is 0 Å². The first kappa shape index (κ1) is 24.2. The third-order valence-electron chi connectivity index (χ3n) is 5.54. The van der Waals surface area contributed by atoms with Crippen LogP contribution in [0.1, 0.15) is 31.0 Å². The summed E-state index contributed by atoms with van der Waals surface area (Å²) in [5, 5.41) is 0. The molecule has 0 radical (unpaired) electrons. The van der Waals surface area contributed by atoms with Crippen molar-refractivity contribution in [1.29, 1.82) is 0 Å². The molecule has 1 aliphatic rings. The Labute approximate surface area is 206 Å². The summed E-state index contributed by atoms with van der Waals surface area (Å²) in [6, 6.07) is 14.5. The Balaban J connectivity index is 1.86. The molecule has 2 heterocycles. The number of esters is 1. The molecule has 35 heavy (non-hydrogen) atoms. The predicted molar refractivity (Wildman–Crippen MR) is 136 cm³/mol. The zero-order chi connectivity index (χ0) is 24.9. The number of thiazole rings is 1. The van der Waals surface area contributed by atoms with Crippen LogP contribution < -0.4 is 24.4 Å². The van der Waals surface area contributed by atoms with E-state index in [2.05, 4.69) is 4.99 Å². The highest BCUT2D eigenvalue weighted by Gasteiger charge is 2.30. The van der Waals surface area contributed by atoms with E-state index in [1.165, 1.54) is 11.3 Å². The van der Waals surface area contributed by atoms with Gasteiger partial charge in [0.2, 0.25) is 0 Å². The molecule has 4 rings (SSSR count). The highest BCUT2D eigenvalue weighted by molar-refractivity contribution is 7.07. The van der Waals surface area contributed by atoms with Crippen molar-refractivity contribution in [2.75, 3.05) is 20.8 Å². The number of fused-ring (bicyclic) bond motifs is 1. The van der Waals surface area contributed by atoms with Crippen LogP contribution in [0.5, 0.6) is 11.5 Å². The summed E-state index contributed by atoms with van der Waals surface area (Å²) >= 11 is 1.27. The van der Waals surface area contributed by atoms with Gasteiger partial charge in [-0.25, -0.2) is 9.79 Å². The number of nitrogens with zero attached hydrogens (tertiary/aromatic N) is 2. The van der Waals surface area contributed by atoms with Gasteiger partial charge in [0.15, 0.2) is 16.3 Å². The molecule has 0 fully saturated rings. The van der Waals surface area contributed by atoms with Crippen molar-refractivity contribution < 1.29 is 19.0 Å². The van der Waals surface area contributed by atoms with Crippen LogP contribution in [0.2, 0.25) is 0 Å². The van der Waals surface area contributed by atoms with Gasteiger partial charge in [-0.15, -0.1) is 0 Å². The minimum atomic E-state index is -0.641. The van der Waals surface area contributed by atoms with Crippen molar-refractivity contribution in [3.8, 4) is 11.5 Å². The summed E-state index contributed by atoms with van der Waals surface area (Å²) in [4.78, 5) is 31.5. The average Bonchev–Trinajstić information content (AvgIpc) is 3.17. The lowest BCUT2D eigenvalue weighted by Crippen LogP contribution is -2.38. The van der Waals surface area contributed by atoms with Gasteiger partial charge >= 0.3 is 5.97 Å². The van der Waals surface area contributed by atoms with E-state index in [1.807, 2.05) is 48.6 Å². The number of aromatic nitrogens is 1. The maximum atomic E-state index is 13.6. The van der Waals surface area contributed by atoms with Crippen molar-refractivity contribution in [2.24, 2.45) is 4.99 Å². The van der Waals surface area contributed by atoms with Gasteiger partial charge in [-0.05, 0) is 43.2 Å². The summed E-state index contributed by atoms with van der Waals surface area (Å²) in [5.41, 5.74) is 2.39. The van der Waals surface area contributed by atoms with Gasteiger partial charge in [-0.1, -0.05) is 59.9 Å². The van der Waals surface area contributed by atoms with Gasteiger partial charge < -0.3 is 14.2 Å². The molecule has 0 spiro atoms. The highest BCUT2D eigenvalue weighted by atomic mass is 32.1. The minimum absolute atomic E-state index is 0.231. The van der Waals surface area contributed by atoms with Crippen LogP contribution in [0.25, 0.3) is 12.2 Å². The van der Waals surface area contributed by atoms with Gasteiger partial charge in [0.05, 0.1) is 42.7 Å². The molecule has 8 heteroatoms. The van der Waals surface area contributed by atoms with E-state index in [1.54, 1.807) is 50.8 Å². The third-order valence-corrected chi connectivity index (χ3v) is 6.52. The van der Waals surface area contributed by atoms with Crippen LogP contribution in [0.15, 0.2) is 75.7 Å². The molecule has 3 aromatic rings. The number of ether oxygens (including phenoxy) is 3. The quantitative estimate of drug-likeness (QED) is 0.474. The Morgan fingerprint density at radius 3 is 2.51 bits per heavy atom. The van der Waals surface area contributed by atoms with E-state index in [4.69, 9.17) is 14.2 Å². The molecule has 0 unspecified atom stereocenters. The Bertz CT molecular complexity index is 1480. The molecule has 0 amide bonds. The van der Waals surface area contributed by atoms with Crippen molar-refractivity contribution in [3.63, 3.8) is 0 Å². The Morgan fingerprint density at radius 1 is 1.09 bits per heavy atom. The van der Waals surface area contributed by atoms with Gasteiger partial charge in [0.1, 0.15) is 0 Å². The first-order valence-corrected chi connectivity index (χ1v) is 11.9. The Morgan fingerprint density at radius 2 is 1.83 bits per heavy atom. The second kappa shape index (κ2) is 10.6. The monoisotopic (exact) mass is 490 g/mol. The van der Waals surface area contributed by atoms with Crippen LogP contribution in [0, 0.1) is 0 Å². The first-order chi connectivity index (χ1) is 17.0. The summed E-state index contributed by atoms with van der Waals surface area (Å²) in [6.07, 6.45) is 5.53. The number of methoxy groups -OCH3 is 2. The van der Waals surface area contributed by atoms with Crippen LogP contribution >= 0.6 is 11.3 Å². The molecule has 0 N–H and O–H groups in total. The number of allylic oxidation sites excluding steroid dienone is 2. The van der Waals surface area contributed by atoms with E-state index < -0.39 is 12.0 Å². The van der Waals surface area contributed by atoms with Crippen molar-refractivity contribution in [3.05, 3.63) is 96.7 Å². The molecule has 1 aliphatic heterocycles. The van der Waals surface area contributed by atoms with E-state index in [0.717, 1.165) is 11.1 Å². The standard InChI is InChI=1S/C27H26N2O5S/c1-5-34-26(31)24-17(2)28-27-29(20(24)13-11-18-9-7-6-8-10-18)25(30)23(35-27)16-19-12-14-21(32-3)22(15-19)33-4/h6-16,20H,5H2,1-4H3/b13-11+,23-16?/t20-/m0/s1. The smallest absolute Gasteiger partial charge is 0.338 e. The fourth-order valence-corrected chi connectivity index (χ4v) is 4.93. The lowest BCUT2D eigenvalue weighted by molar-refractivity contribution is -0.139. The summed E-state index contributed by atoms with van der Waals surface area (Å²) < 4.78 is 18.0. The fourth-order valence-electron chi connectivity index (χ4n) is 3.88. The molecular formula is C27H26N2O5S. The molecule has 0 saturated heterocycles. The topological polar surface area (TPSA) is 79.1 Å². The fraction of sp³-hybridized carbons (Fsp3) is 0.222. The number of hydrogen-bond acceptors (Lipinski definition) is 7. The number of benzene rings is 2.